The van der Waals surface area contributed by atoms with E-state index in [0.717, 1.165) is 18.2 Å². The van der Waals surface area contributed by atoms with Crippen LogP contribution < -0.4 is 5.32 Å². The molecule has 1 heterocycles. The van der Waals surface area contributed by atoms with Crippen LogP contribution in [0, 0.1) is 25.5 Å². The van der Waals surface area contributed by atoms with Crippen molar-refractivity contribution in [3.63, 3.8) is 0 Å². The first kappa shape index (κ1) is 18.6. The third kappa shape index (κ3) is 4.03. The Morgan fingerprint density at radius 2 is 1.88 bits per heavy atom. The highest BCUT2D eigenvalue weighted by atomic mass is 19.1. The van der Waals surface area contributed by atoms with Crippen molar-refractivity contribution in [3.05, 3.63) is 52.3 Å². The van der Waals surface area contributed by atoms with E-state index in [4.69, 9.17) is 4.74 Å². The number of aliphatic hydroxyl groups is 1. The Balaban J connectivity index is 2.03. The Morgan fingerprint density at radius 3 is 2.40 bits per heavy atom. The lowest BCUT2D eigenvalue weighted by Crippen LogP contribution is -2.22. The van der Waals surface area contributed by atoms with Crippen LogP contribution in [-0.4, -0.2) is 28.6 Å². The first-order valence-corrected chi connectivity index (χ1v) is 7.50. The van der Waals surface area contributed by atoms with Gasteiger partial charge in [0.05, 0.1) is 6.10 Å². The normalized spacial score (nSPS) is 11.9. The van der Waals surface area contributed by atoms with E-state index in [-0.39, 0.29) is 5.69 Å². The monoisotopic (exact) mass is 352 g/mol. The van der Waals surface area contributed by atoms with Gasteiger partial charge in [0.15, 0.2) is 6.61 Å². The number of para-hydroxylation sites is 1. The van der Waals surface area contributed by atoms with Crippen molar-refractivity contribution in [2.45, 2.75) is 26.9 Å². The number of nitrogens with one attached hydrogen (secondary N) is 2. The SMILES string of the molecule is Cc1[nH]c(C(=O)OCC(=O)Nc2c(F)cccc2F)c(C)c1[C@H](C)O. The minimum Gasteiger partial charge on any atom is -0.451 e. The summed E-state index contributed by atoms with van der Waals surface area (Å²) in [5.74, 6) is -3.56. The molecule has 1 atom stereocenters. The molecular weight excluding hydrogens is 334 g/mol. The predicted molar refractivity (Wildman–Crippen MR) is 86.2 cm³/mol. The third-order valence-electron chi connectivity index (χ3n) is 3.68. The lowest BCUT2D eigenvalue weighted by atomic mass is 10.1. The second kappa shape index (κ2) is 7.43. The molecular formula is C17H18F2N2O4. The average molecular weight is 352 g/mol. The van der Waals surface area contributed by atoms with Crippen LogP contribution in [0.15, 0.2) is 18.2 Å². The van der Waals surface area contributed by atoms with Gasteiger partial charge in [0.25, 0.3) is 5.91 Å². The molecule has 1 amide bonds. The summed E-state index contributed by atoms with van der Waals surface area (Å²) in [6.07, 6.45) is -0.773. The fourth-order valence-electron chi connectivity index (χ4n) is 2.59. The Kier molecular flexibility index (Phi) is 5.53. The maximum absolute atomic E-state index is 13.5. The summed E-state index contributed by atoms with van der Waals surface area (Å²) in [6, 6.07) is 3.15. The lowest BCUT2D eigenvalue weighted by molar-refractivity contribution is -0.119. The van der Waals surface area contributed by atoms with E-state index in [2.05, 4.69) is 4.98 Å². The molecule has 0 aliphatic carbocycles. The number of carbonyl (C=O) groups is 2. The first-order chi connectivity index (χ1) is 11.7. The highest BCUT2D eigenvalue weighted by molar-refractivity contribution is 5.95. The number of halogens is 2. The minimum absolute atomic E-state index is 0.110. The van der Waals surface area contributed by atoms with E-state index in [1.165, 1.54) is 0 Å². The van der Waals surface area contributed by atoms with Gasteiger partial charge in [-0.25, -0.2) is 13.6 Å². The van der Waals surface area contributed by atoms with Gasteiger partial charge < -0.3 is 20.1 Å². The van der Waals surface area contributed by atoms with Crippen LogP contribution >= 0.6 is 0 Å². The number of hydrogen-bond donors (Lipinski definition) is 3. The van der Waals surface area contributed by atoms with Crippen LogP contribution in [0.4, 0.5) is 14.5 Å². The maximum atomic E-state index is 13.5. The third-order valence-corrected chi connectivity index (χ3v) is 3.68. The highest BCUT2D eigenvalue weighted by Gasteiger charge is 2.22. The molecule has 0 saturated carbocycles. The zero-order valence-electron chi connectivity index (χ0n) is 13.9. The molecule has 0 unspecified atom stereocenters. The number of aromatic amines is 1. The topological polar surface area (TPSA) is 91.4 Å². The number of esters is 1. The fraction of sp³-hybridized carbons (Fsp3) is 0.294. The molecule has 6 nitrogen and oxygen atoms in total. The Bertz CT molecular complexity index is 795. The van der Waals surface area contributed by atoms with Crippen molar-refractivity contribution < 1.29 is 28.2 Å². The zero-order chi connectivity index (χ0) is 18.7. The number of rotatable bonds is 5. The van der Waals surface area contributed by atoms with Gasteiger partial charge in [-0.2, -0.15) is 0 Å². The molecule has 0 spiro atoms. The smallest absolute Gasteiger partial charge is 0.355 e. The number of ether oxygens (including phenoxy) is 1. The summed E-state index contributed by atoms with van der Waals surface area (Å²) < 4.78 is 31.8. The second-order valence-corrected chi connectivity index (χ2v) is 5.56. The second-order valence-electron chi connectivity index (χ2n) is 5.56. The van der Waals surface area contributed by atoms with Crippen molar-refractivity contribution in [2.75, 3.05) is 11.9 Å². The molecule has 1 aromatic carbocycles. The van der Waals surface area contributed by atoms with Crippen LogP contribution in [0.25, 0.3) is 0 Å². The quantitative estimate of drug-likeness (QED) is 0.722. The number of carbonyl (C=O) groups excluding carboxylic acids is 2. The molecule has 3 N–H and O–H groups in total. The maximum Gasteiger partial charge on any atom is 0.355 e. The lowest BCUT2D eigenvalue weighted by Gasteiger charge is -2.08. The largest absolute Gasteiger partial charge is 0.451 e. The number of hydrogen-bond acceptors (Lipinski definition) is 4. The van der Waals surface area contributed by atoms with Crippen LogP contribution in [0.1, 0.15) is 40.3 Å². The molecule has 0 bridgehead atoms. The molecule has 0 aliphatic rings. The molecule has 134 valence electrons. The van der Waals surface area contributed by atoms with Crippen LogP contribution in [0.5, 0.6) is 0 Å². The van der Waals surface area contributed by atoms with Crippen molar-refractivity contribution in [3.8, 4) is 0 Å². The number of anilines is 1. The summed E-state index contributed by atoms with van der Waals surface area (Å²) in [4.78, 5) is 26.6. The van der Waals surface area contributed by atoms with E-state index in [9.17, 15) is 23.5 Å². The van der Waals surface area contributed by atoms with Crippen LogP contribution in [0.3, 0.4) is 0 Å². The van der Waals surface area contributed by atoms with Gasteiger partial charge in [0, 0.05) is 11.3 Å². The van der Waals surface area contributed by atoms with Gasteiger partial charge in [-0.1, -0.05) is 6.07 Å². The van der Waals surface area contributed by atoms with E-state index < -0.39 is 41.9 Å². The molecule has 0 radical (unpaired) electrons. The molecule has 2 aromatic rings. The molecule has 1 aromatic heterocycles. The molecule has 0 saturated heterocycles. The average Bonchev–Trinajstić information content (AvgIpc) is 2.83. The Hall–Kier alpha value is -2.74. The first-order valence-electron chi connectivity index (χ1n) is 7.50. The number of aromatic nitrogens is 1. The van der Waals surface area contributed by atoms with Gasteiger partial charge in [-0.15, -0.1) is 0 Å². The molecule has 25 heavy (non-hydrogen) atoms. The van der Waals surface area contributed by atoms with Crippen LogP contribution in [-0.2, 0) is 9.53 Å². The summed E-state index contributed by atoms with van der Waals surface area (Å²) in [7, 11) is 0. The number of H-pyrrole nitrogens is 1. The predicted octanol–water partition coefficient (Wildman–Crippen LogP) is 2.76. The zero-order valence-corrected chi connectivity index (χ0v) is 13.9. The standard InChI is InChI=1S/C17H18F2N2O4/c1-8-14(10(3)22)9(2)20-15(8)17(24)25-7-13(23)21-16-11(18)5-4-6-12(16)19/h4-6,10,20,22H,7H2,1-3H3,(H,21,23)/t10-/m0/s1. The Labute approximate surface area is 142 Å². The summed E-state index contributed by atoms with van der Waals surface area (Å²) >= 11 is 0. The van der Waals surface area contributed by atoms with Crippen molar-refractivity contribution >= 4 is 17.6 Å². The molecule has 8 heteroatoms. The van der Waals surface area contributed by atoms with Crippen molar-refractivity contribution in [1.29, 1.82) is 0 Å². The molecule has 0 fully saturated rings. The number of benzene rings is 1. The van der Waals surface area contributed by atoms with Crippen molar-refractivity contribution in [1.82, 2.24) is 4.98 Å². The molecule has 0 aliphatic heterocycles. The van der Waals surface area contributed by atoms with E-state index >= 15 is 0 Å². The van der Waals surface area contributed by atoms with E-state index in [0.29, 0.717) is 16.8 Å². The summed E-state index contributed by atoms with van der Waals surface area (Å²) in [5.41, 5.74) is 1.20. The summed E-state index contributed by atoms with van der Waals surface area (Å²) in [6.45, 7) is 4.18. The molecule has 2 rings (SSSR count). The fourth-order valence-corrected chi connectivity index (χ4v) is 2.59. The van der Waals surface area contributed by atoms with Gasteiger partial charge in [0.2, 0.25) is 0 Å². The summed E-state index contributed by atoms with van der Waals surface area (Å²) in [5, 5.41) is 11.7. The van der Waals surface area contributed by atoms with E-state index in [1.807, 2.05) is 5.32 Å². The highest BCUT2D eigenvalue weighted by Crippen LogP contribution is 2.25. The van der Waals surface area contributed by atoms with Gasteiger partial charge in [-0.05, 0) is 38.5 Å². The number of aliphatic hydroxyl groups excluding tert-OH is 1. The van der Waals surface area contributed by atoms with Crippen molar-refractivity contribution in [2.24, 2.45) is 0 Å². The van der Waals surface area contributed by atoms with Gasteiger partial charge >= 0.3 is 5.97 Å². The number of amides is 1. The number of aryl methyl sites for hydroxylation is 1. The van der Waals surface area contributed by atoms with E-state index in [1.54, 1.807) is 20.8 Å². The van der Waals surface area contributed by atoms with Crippen LogP contribution in [0.2, 0.25) is 0 Å². The van der Waals surface area contributed by atoms with Gasteiger partial charge in [-0.3, -0.25) is 4.79 Å². The Morgan fingerprint density at radius 1 is 1.28 bits per heavy atom. The van der Waals surface area contributed by atoms with Gasteiger partial charge in [0.1, 0.15) is 23.0 Å². The minimum atomic E-state index is -0.933.